The van der Waals surface area contributed by atoms with Gasteiger partial charge in [-0.1, -0.05) is 23.9 Å². The minimum atomic E-state index is 1.36. The molecule has 0 saturated heterocycles. The van der Waals surface area contributed by atoms with Gasteiger partial charge in [0.05, 0.1) is 0 Å². The molecule has 3 rings (SSSR count). The van der Waals surface area contributed by atoms with Crippen molar-refractivity contribution in [3.05, 3.63) is 55.6 Å². The lowest BCUT2D eigenvalue weighted by atomic mass is 10.4. The van der Waals surface area contributed by atoms with Crippen LogP contribution in [-0.4, -0.2) is 0 Å². The van der Waals surface area contributed by atoms with Gasteiger partial charge in [0.15, 0.2) is 0 Å². The molecule has 0 unspecified atom stereocenters. The van der Waals surface area contributed by atoms with Crippen LogP contribution in [0, 0.1) is 0 Å². The molecule has 0 atom stereocenters. The third-order valence-corrected chi connectivity index (χ3v) is 6.32. The van der Waals surface area contributed by atoms with Gasteiger partial charge in [0.2, 0.25) is 0 Å². The Morgan fingerprint density at radius 3 is 1.75 bits per heavy atom. The summed E-state index contributed by atoms with van der Waals surface area (Å²) >= 11 is 7.25. The van der Waals surface area contributed by atoms with E-state index in [9.17, 15) is 0 Å². The van der Waals surface area contributed by atoms with Gasteiger partial charge >= 0.3 is 0 Å². The summed E-state index contributed by atoms with van der Waals surface area (Å²) in [6.45, 7) is 0. The molecule has 0 aromatic carbocycles. The Labute approximate surface area is 111 Å². The third kappa shape index (κ3) is 2.15. The maximum absolute atomic E-state index is 2.23. The van der Waals surface area contributed by atoms with E-state index in [1.54, 1.807) is 34.4 Å². The normalized spacial score (nSPS) is 15.8. The Bertz CT molecular complexity index is 469. The highest BCUT2D eigenvalue weighted by Crippen LogP contribution is 2.47. The second-order valence-electron chi connectivity index (χ2n) is 3.16. The second kappa shape index (κ2) is 4.84. The molecule has 2 aromatic rings. The van der Waals surface area contributed by atoms with E-state index < -0.39 is 0 Å². The first-order valence-electron chi connectivity index (χ1n) is 4.75. The molecule has 4 heteroatoms. The van der Waals surface area contributed by atoms with Gasteiger partial charge in [0.25, 0.3) is 0 Å². The molecule has 80 valence electrons. The molecule has 0 fully saturated rings. The van der Waals surface area contributed by atoms with Crippen LogP contribution in [0.2, 0.25) is 0 Å². The van der Waals surface area contributed by atoms with Crippen LogP contribution in [0.25, 0.3) is 9.81 Å². The zero-order valence-electron chi connectivity index (χ0n) is 8.25. The molecule has 0 bridgehead atoms. The van der Waals surface area contributed by atoms with Gasteiger partial charge < -0.3 is 0 Å². The average Bonchev–Trinajstić information content (AvgIpc) is 3.03. The Morgan fingerprint density at radius 2 is 1.31 bits per heavy atom. The van der Waals surface area contributed by atoms with Crippen LogP contribution in [0.15, 0.2) is 45.8 Å². The molecule has 0 aliphatic carbocycles. The topological polar surface area (TPSA) is 0 Å². The van der Waals surface area contributed by atoms with Crippen LogP contribution in [0.4, 0.5) is 0 Å². The number of hydrogen-bond acceptors (Lipinski definition) is 4. The van der Waals surface area contributed by atoms with Crippen LogP contribution < -0.4 is 0 Å². The monoisotopic (exact) mass is 280 g/mol. The van der Waals surface area contributed by atoms with Crippen molar-refractivity contribution >= 4 is 56.0 Å². The van der Waals surface area contributed by atoms with Gasteiger partial charge in [-0.3, -0.25) is 0 Å². The van der Waals surface area contributed by atoms with E-state index in [-0.39, 0.29) is 0 Å². The molecule has 2 aromatic heterocycles. The maximum Gasteiger partial charge on any atom is 0.0415 e. The number of thioether (sulfide) groups is 2. The molecule has 1 aliphatic rings. The molecule has 0 radical (unpaired) electrons. The first-order chi connectivity index (χ1) is 7.93. The van der Waals surface area contributed by atoms with Crippen molar-refractivity contribution in [2.45, 2.75) is 0 Å². The van der Waals surface area contributed by atoms with Crippen LogP contribution in [-0.2, 0) is 0 Å². The highest BCUT2D eigenvalue weighted by molar-refractivity contribution is 8.20. The lowest BCUT2D eigenvalue weighted by Crippen LogP contribution is -1.80. The second-order valence-corrected chi connectivity index (χ2v) is 6.88. The van der Waals surface area contributed by atoms with Crippen LogP contribution in [0.1, 0.15) is 9.75 Å². The van der Waals surface area contributed by atoms with E-state index >= 15 is 0 Å². The lowest BCUT2D eigenvalue weighted by Gasteiger charge is -2.11. The van der Waals surface area contributed by atoms with Crippen molar-refractivity contribution in [1.82, 2.24) is 0 Å². The minimum absolute atomic E-state index is 1.36. The Kier molecular flexibility index (Phi) is 3.24. The van der Waals surface area contributed by atoms with Crippen molar-refractivity contribution in [2.75, 3.05) is 0 Å². The van der Waals surface area contributed by atoms with Gasteiger partial charge in [-0.2, -0.15) is 0 Å². The van der Waals surface area contributed by atoms with Crippen LogP contribution >= 0.6 is 46.2 Å². The van der Waals surface area contributed by atoms with Gasteiger partial charge in [-0.05, 0) is 33.7 Å². The lowest BCUT2D eigenvalue weighted by molar-refractivity contribution is 1.93. The molecular weight excluding hydrogens is 272 g/mol. The summed E-state index contributed by atoms with van der Waals surface area (Å²) < 4.78 is 0. The van der Waals surface area contributed by atoms with E-state index in [1.165, 1.54) is 19.6 Å². The SMILES string of the molecule is C1=C(c2cccs2)SC(c2cccs2)=CS1. The van der Waals surface area contributed by atoms with Crippen molar-refractivity contribution in [3.8, 4) is 0 Å². The highest BCUT2D eigenvalue weighted by Gasteiger charge is 2.13. The molecule has 0 N–H and O–H groups in total. The van der Waals surface area contributed by atoms with E-state index in [0.717, 1.165) is 0 Å². The van der Waals surface area contributed by atoms with Crippen molar-refractivity contribution < 1.29 is 0 Å². The van der Waals surface area contributed by atoms with Crippen molar-refractivity contribution in [1.29, 1.82) is 0 Å². The number of hydrogen-bond donors (Lipinski definition) is 0. The fraction of sp³-hybridized carbons (Fsp3) is 0. The zero-order valence-corrected chi connectivity index (χ0v) is 11.5. The highest BCUT2D eigenvalue weighted by atomic mass is 32.2. The molecule has 0 spiro atoms. The van der Waals surface area contributed by atoms with Gasteiger partial charge in [0.1, 0.15) is 0 Å². The summed E-state index contributed by atoms with van der Waals surface area (Å²) in [5.41, 5.74) is 0. The first kappa shape index (κ1) is 10.7. The predicted molar refractivity (Wildman–Crippen MR) is 79.8 cm³/mol. The summed E-state index contributed by atoms with van der Waals surface area (Å²) in [6.07, 6.45) is 0. The average molecular weight is 280 g/mol. The quantitative estimate of drug-likeness (QED) is 0.703. The van der Waals surface area contributed by atoms with Gasteiger partial charge in [-0.25, -0.2) is 0 Å². The molecule has 16 heavy (non-hydrogen) atoms. The number of rotatable bonds is 2. The van der Waals surface area contributed by atoms with Crippen molar-refractivity contribution in [3.63, 3.8) is 0 Å². The summed E-state index contributed by atoms with van der Waals surface area (Å²) in [4.78, 5) is 5.45. The Balaban J connectivity index is 1.85. The summed E-state index contributed by atoms with van der Waals surface area (Å²) in [6, 6.07) is 8.58. The molecule has 1 aliphatic heterocycles. The van der Waals surface area contributed by atoms with E-state index in [0.29, 0.717) is 0 Å². The van der Waals surface area contributed by atoms with E-state index in [2.05, 4.69) is 45.8 Å². The first-order valence-corrected chi connectivity index (χ1v) is 8.27. The fourth-order valence-electron chi connectivity index (χ4n) is 1.38. The summed E-state index contributed by atoms with van der Waals surface area (Å²) in [7, 11) is 0. The molecule has 0 saturated carbocycles. The molecule has 0 amide bonds. The Hall–Kier alpha value is -0.420. The Morgan fingerprint density at radius 1 is 0.750 bits per heavy atom. The summed E-state index contributed by atoms with van der Waals surface area (Å²) in [5.74, 6) is 0. The van der Waals surface area contributed by atoms with Gasteiger partial charge in [-0.15, -0.1) is 34.4 Å². The zero-order chi connectivity index (χ0) is 10.8. The maximum atomic E-state index is 2.23. The number of thiophene rings is 2. The van der Waals surface area contributed by atoms with Crippen LogP contribution in [0.3, 0.4) is 0 Å². The summed E-state index contributed by atoms with van der Waals surface area (Å²) in [5, 5.41) is 8.72. The molecule has 0 nitrogen and oxygen atoms in total. The predicted octanol–water partition coefficient (Wildman–Crippen LogP) is 5.59. The third-order valence-electron chi connectivity index (χ3n) is 2.10. The molecular formula is C12H8S4. The largest absolute Gasteiger partial charge is 0.143 e. The standard InChI is InChI=1S/C12H8S4/c1-3-9(14-5-1)11-7-13-8-12(16-11)10-4-2-6-15-10/h1-8H. The van der Waals surface area contributed by atoms with E-state index in [4.69, 9.17) is 0 Å². The molecule has 3 heterocycles. The van der Waals surface area contributed by atoms with E-state index in [1.807, 2.05) is 11.8 Å². The smallest absolute Gasteiger partial charge is 0.0415 e. The minimum Gasteiger partial charge on any atom is -0.143 e. The van der Waals surface area contributed by atoms with Crippen molar-refractivity contribution in [2.24, 2.45) is 0 Å². The van der Waals surface area contributed by atoms with Crippen LogP contribution in [0.5, 0.6) is 0 Å². The van der Waals surface area contributed by atoms with Gasteiger partial charge in [0, 0.05) is 19.6 Å². The fourth-order valence-corrected chi connectivity index (χ4v) is 5.20.